The number of rotatable bonds is 3. The van der Waals surface area contributed by atoms with Crippen molar-refractivity contribution >= 4 is 22.6 Å². The van der Waals surface area contributed by atoms with Gasteiger partial charge in [-0.3, -0.25) is 9.79 Å². The largest absolute Gasteiger partial charge is 0.404 e. The number of hydrogen-bond acceptors (Lipinski definition) is 5. The van der Waals surface area contributed by atoms with Gasteiger partial charge in [-0.2, -0.15) is 5.10 Å². The maximum Gasteiger partial charge on any atom is 0.272 e. The van der Waals surface area contributed by atoms with Crippen molar-refractivity contribution in [3.05, 3.63) is 46.0 Å². The van der Waals surface area contributed by atoms with Gasteiger partial charge in [0, 0.05) is 37.0 Å². The van der Waals surface area contributed by atoms with Crippen molar-refractivity contribution in [2.75, 3.05) is 7.05 Å². The number of aromatic nitrogens is 2. The van der Waals surface area contributed by atoms with Gasteiger partial charge in [0.2, 0.25) is 0 Å². The maximum absolute atomic E-state index is 11.7. The first-order chi connectivity index (χ1) is 9.21. The normalized spacial score (nSPS) is 12.4. The molecule has 0 unspecified atom stereocenters. The van der Waals surface area contributed by atoms with E-state index in [2.05, 4.69) is 15.2 Å². The van der Waals surface area contributed by atoms with Crippen LogP contribution in [0.25, 0.3) is 16.3 Å². The number of nitrogens with zero attached hydrogens (tertiary/aromatic N) is 2. The smallest absolute Gasteiger partial charge is 0.272 e. The van der Waals surface area contributed by atoms with Gasteiger partial charge in [-0.05, 0) is 17.7 Å². The Bertz CT molecular complexity index is 715. The van der Waals surface area contributed by atoms with E-state index in [0.29, 0.717) is 11.1 Å². The van der Waals surface area contributed by atoms with Gasteiger partial charge < -0.3 is 11.5 Å². The molecule has 0 saturated heterocycles. The van der Waals surface area contributed by atoms with Crippen LogP contribution in [0.2, 0.25) is 0 Å². The zero-order chi connectivity index (χ0) is 13.8. The molecular formula is C13H15N5O. The number of benzene rings is 1. The summed E-state index contributed by atoms with van der Waals surface area (Å²) in [7, 11) is 1.67. The van der Waals surface area contributed by atoms with E-state index in [-0.39, 0.29) is 12.1 Å². The molecule has 1 aromatic heterocycles. The number of nitrogens with two attached hydrogens (primary N) is 2. The van der Waals surface area contributed by atoms with Gasteiger partial charge in [-0.25, -0.2) is 5.10 Å². The fourth-order valence-corrected chi connectivity index (χ4v) is 1.91. The number of aromatic amines is 1. The highest BCUT2D eigenvalue weighted by Gasteiger charge is 2.07. The first kappa shape index (κ1) is 13.0. The van der Waals surface area contributed by atoms with E-state index in [4.69, 9.17) is 11.5 Å². The average Bonchev–Trinajstić information content (AvgIpc) is 2.45. The molecule has 0 amide bonds. The fourth-order valence-electron chi connectivity index (χ4n) is 1.91. The van der Waals surface area contributed by atoms with Crippen molar-refractivity contribution < 1.29 is 0 Å². The maximum atomic E-state index is 11.7. The molecular weight excluding hydrogens is 242 g/mol. The molecule has 2 aromatic rings. The monoisotopic (exact) mass is 257 g/mol. The fraction of sp³-hybridized carbons (Fsp3) is 0.154. The van der Waals surface area contributed by atoms with E-state index in [1.54, 1.807) is 19.3 Å². The molecule has 0 aliphatic heterocycles. The van der Waals surface area contributed by atoms with Crippen LogP contribution in [0.4, 0.5) is 0 Å². The summed E-state index contributed by atoms with van der Waals surface area (Å²) in [6.45, 7) is 0.250. The van der Waals surface area contributed by atoms with Crippen LogP contribution in [0.15, 0.2) is 34.2 Å². The summed E-state index contributed by atoms with van der Waals surface area (Å²) >= 11 is 0. The highest BCUT2D eigenvalue weighted by Crippen LogP contribution is 2.19. The summed E-state index contributed by atoms with van der Waals surface area (Å²) in [5.74, 6) is 0. The van der Waals surface area contributed by atoms with Gasteiger partial charge in [-0.15, -0.1) is 0 Å². The summed E-state index contributed by atoms with van der Waals surface area (Å²) < 4.78 is 0. The van der Waals surface area contributed by atoms with Gasteiger partial charge in [0.25, 0.3) is 5.56 Å². The lowest BCUT2D eigenvalue weighted by atomic mass is 10.0. The molecule has 6 heteroatoms. The summed E-state index contributed by atoms with van der Waals surface area (Å²) in [5.41, 5.74) is 13.2. The number of hydrogen-bond donors (Lipinski definition) is 3. The van der Waals surface area contributed by atoms with Crippen LogP contribution in [-0.2, 0) is 6.54 Å². The van der Waals surface area contributed by atoms with Crippen molar-refractivity contribution in [2.24, 2.45) is 16.5 Å². The van der Waals surface area contributed by atoms with E-state index < -0.39 is 0 Å². The minimum atomic E-state index is -0.235. The Morgan fingerprint density at radius 3 is 2.89 bits per heavy atom. The molecule has 0 fully saturated rings. The molecule has 0 radical (unpaired) electrons. The molecule has 19 heavy (non-hydrogen) atoms. The number of fused-ring (bicyclic) bond motifs is 1. The second kappa shape index (κ2) is 5.45. The van der Waals surface area contributed by atoms with Crippen LogP contribution in [-0.4, -0.2) is 23.5 Å². The molecule has 2 rings (SSSR count). The Morgan fingerprint density at radius 2 is 2.26 bits per heavy atom. The first-order valence-corrected chi connectivity index (χ1v) is 5.77. The third-order valence-electron chi connectivity index (χ3n) is 2.84. The Balaban J connectivity index is 2.72. The van der Waals surface area contributed by atoms with Crippen LogP contribution < -0.4 is 17.0 Å². The molecule has 0 bridgehead atoms. The van der Waals surface area contributed by atoms with Crippen LogP contribution in [0, 0.1) is 0 Å². The van der Waals surface area contributed by atoms with Crippen LogP contribution in [0.5, 0.6) is 0 Å². The van der Waals surface area contributed by atoms with Crippen molar-refractivity contribution in [3.63, 3.8) is 0 Å². The van der Waals surface area contributed by atoms with E-state index in [9.17, 15) is 4.79 Å². The number of aliphatic imine (C=N–C) groups is 1. The van der Waals surface area contributed by atoms with Crippen molar-refractivity contribution in [1.82, 2.24) is 10.2 Å². The summed E-state index contributed by atoms with van der Waals surface area (Å²) in [6.07, 6.45) is 3.13. The molecule has 0 atom stereocenters. The Morgan fingerprint density at radius 1 is 1.47 bits per heavy atom. The second-order valence-corrected chi connectivity index (χ2v) is 3.97. The predicted octanol–water partition coefficient (Wildman–Crippen LogP) is 0.382. The summed E-state index contributed by atoms with van der Waals surface area (Å²) in [5, 5.41) is 7.67. The molecule has 1 heterocycles. The molecule has 5 N–H and O–H groups in total. The van der Waals surface area contributed by atoms with Gasteiger partial charge in [-0.1, -0.05) is 6.07 Å². The predicted molar refractivity (Wildman–Crippen MR) is 76.8 cm³/mol. The lowest BCUT2D eigenvalue weighted by Gasteiger charge is -2.06. The van der Waals surface area contributed by atoms with E-state index in [1.165, 1.54) is 6.20 Å². The third-order valence-corrected chi connectivity index (χ3v) is 2.84. The average molecular weight is 257 g/mol. The van der Waals surface area contributed by atoms with E-state index >= 15 is 0 Å². The van der Waals surface area contributed by atoms with Crippen LogP contribution in [0.1, 0.15) is 11.3 Å². The minimum Gasteiger partial charge on any atom is -0.404 e. The second-order valence-electron chi connectivity index (χ2n) is 3.97. The van der Waals surface area contributed by atoms with E-state index in [1.807, 2.05) is 12.1 Å². The third kappa shape index (κ3) is 2.38. The molecule has 98 valence electrons. The quantitative estimate of drug-likeness (QED) is 0.690. The Labute approximate surface area is 109 Å². The highest BCUT2D eigenvalue weighted by molar-refractivity contribution is 6.10. The van der Waals surface area contributed by atoms with Gasteiger partial charge >= 0.3 is 0 Å². The SMILES string of the molecule is CN=C/C(=C\N)c1ccc2c(=O)[nH]nc(CN)c2c1. The number of H-pyrrole nitrogens is 1. The molecule has 6 nitrogen and oxygen atoms in total. The van der Waals surface area contributed by atoms with Gasteiger partial charge in [0.15, 0.2) is 0 Å². The Kier molecular flexibility index (Phi) is 3.72. The molecule has 0 aliphatic rings. The van der Waals surface area contributed by atoms with Gasteiger partial charge in [0.1, 0.15) is 0 Å². The molecule has 0 aliphatic carbocycles. The van der Waals surface area contributed by atoms with Crippen LogP contribution >= 0.6 is 0 Å². The topological polar surface area (TPSA) is 110 Å². The summed E-state index contributed by atoms with van der Waals surface area (Å²) in [4.78, 5) is 15.6. The zero-order valence-corrected chi connectivity index (χ0v) is 10.6. The molecule has 0 saturated carbocycles. The first-order valence-electron chi connectivity index (χ1n) is 5.77. The minimum absolute atomic E-state index is 0.235. The van der Waals surface area contributed by atoms with Crippen LogP contribution in [0.3, 0.4) is 0 Å². The highest BCUT2D eigenvalue weighted by atomic mass is 16.1. The molecule has 0 spiro atoms. The van der Waals surface area contributed by atoms with Crippen molar-refractivity contribution in [3.8, 4) is 0 Å². The number of allylic oxidation sites excluding steroid dienone is 1. The van der Waals surface area contributed by atoms with E-state index in [0.717, 1.165) is 16.5 Å². The zero-order valence-electron chi connectivity index (χ0n) is 10.6. The molecule has 1 aromatic carbocycles. The van der Waals surface area contributed by atoms with Crippen molar-refractivity contribution in [2.45, 2.75) is 6.54 Å². The van der Waals surface area contributed by atoms with Crippen molar-refractivity contribution in [1.29, 1.82) is 0 Å². The standard InChI is InChI=1S/C13H15N5O/c1-16-7-9(5-14)8-2-3-10-11(4-8)12(6-15)17-18-13(10)19/h2-5,7H,6,14-15H2,1H3,(H,18,19)/b9-5+,16-7?. The summed E-state index contributed by atoms with van der Waals surface area (Å²) in [6, 6.07) is 5.40. The Hall–Kier alpha value is -2.47. The number of nitrogens with one attached hydrogen (secondary N) is 1. The lowest BCUT2D eigenvalue weighted by molar-refractivity contribution is 0.900. The van der Waals surface area contributed by atoms with Gasteiger partial charge in [0.05, 0.1) is 11.1 Å². The lowest BCUT2D eigenvalue weighted by Crippen LogP contribution is -2.13.